The molecular weight excluding hydrogens is 312 g/mol. The summed E-state index contributed by atoms with van der Waals surface area (Å²) in [6.07, 6.45) is 5.04. The number of fused-ring (bicyclic) bond motifs is 1. The van der Waals surface area contributed by atoms with Crippen LogP contribution in [0.15, 0.2) is 47.6 Å². The molecule has 0 bridgehead atoms. The molecule has 0 saturated heterocycles. The summed E-state index contributed by atoms with van der Waals surface area (Å²) >= 11 is 0. The number of rotatable bonds is 4. The average Bonchev–Trinajstić information content (AvgIpc) is 2.53. The first-order chi connectivity index (χ1) is 11.0. The van der Waals surface area contributed by atoms with Crippen LogP contribution in [0.5, 0.6) is 0 Å². The van der Waals surface area contributed by atoms with E-state index in [0.29, 0.717) is 17.9 Å². The zero-order valence-corrected chi connectivity index (χ0v) is 13.5. The van der Waals surface area contributed by atoms with Crippen LogP contribution in [-0.2, 0) is 34.0 Å². The lowest BCUT2D eigenvalue weighted by Gasteiger charge is -2.17. The third-order valence-electron chi connectivity index (χ3n) is 3.90. The van der Waals surface area contributed by atoms with Crippen molar-refractivity contribution in [2.24, 2.45) is 0 Å². The van der Waals surface area contributed by atoms with Crippen molar-refractivity contribution in [2.45, 2.75) is 30.7 Å². The van der Waals surface area contributed by atoms with Gasteiger partial charge in [0.05, 0.1) is 17.1 Å². The number of benzene rings is 1. The Balaban J connectivity index is 1.65. The van der Waals surface area contributed by atoms with Gasteiger partial charge in [0.1, 0.15) is 0 Å². The Hall–Kier alpha value is -2.21. The molecule has 0 spiro atoms. The van der Waals surface area contributed by atoms with Gasteiger partial charge in [0, 0.05) is 18.9 Å². The molecule has 1 amide bonds. The second-order valence-corrected chi connectivity index (χ2v) is 7.76. The van der Waals surface area contributed by atoms with Crippen molar-refractivity contribution in [1.82, 2.24) is 10.3 Å². The second-order valence-electron chi connectivity index (χ2n) is 5.68. The Morgan fingerprint density at radius 2 is 2.09 bits per heavy atom. The Bertz CT molecular complexity index is 817. The molecule has 1 aliphatic rings. The van der Waals surface area contributed by atoms with Crippen molar-refractivity contribution in [3.8, 4) is 0 Å². The van der Waals surface area contributed by atoms with Crippen molar-refractivity contribution in [3.63, 3.8) is 0 Å². The third-order valence-corrected chi connectivity index (χ3v) is 5.79. The van der Waals surface area contributed by atoms with E-state index in [-0.39, 0.29) is 18.1 Å². The lowest BCUT2D eigenvalue weighted by Crippen LogP contribution is -2.25. The minimum atomic E-state index is -3.14. The number of sulfone groups is 1. The van der Waals surface area contributed by atoms with Crippen LogP contribution in [0.4, 0.5) is 0 Å². The van der Waals surface area contributed by atoms with Crippen LogP contribution < -0.4 is 5.32 Å². The molecule has 1 aromatic carbocycles. The van der Waals surface area contributed by atoms with E-state index in [2.05, 4.69) is 10.3 Å². The molecule has 1 N–H and O–H groups in total. The normalized spacial score (nSPS) is 15.7. The highest BCUT2D eigenvalue weighted by atomic mass is 32.2. The zero-order valence-electron chi connectivity index (χ0n) is 12.7. The van der Waals surface area contributed by atoms with Crippen molar-refractivity contribution >= 4 is 15.7 Å². The summed E-state index contributed by atoms with van der Waals surface area (Å²) in [7, 11) is -3.14. The van der Waals surface area contributed by atoms with Gasteiger partial charge in [-0.1, -0.05) is 18.2 Å². The molecule has 3 rings (SSSR count). The number of nitrogens with zero attached hydrogens (tertiary/aromatic N) is 1. The molecule has 6 heteroatoms. The van der Waals surface area contributed by atoms with E-state index in [9.17, 15) is 13.2 Å². The lowest BCUT2D eigenvalue weighted by atomic mass is 10.0. The summed E-state index contributed by atoms with van der Waals surface area (Å²) < 4.78 is 24.0. The minimum Gasteiger partial charge on any atom is -0.352 e. The summed E-state index contributed by atoms with van der Waals surface area (Å²) in [6, 6.07) is 8.93. The van der Waals surface area contributed by atoms with Crippen LogP contribution in [0.3, 0.4) is 0 Å². The number of aromatic nitrogens is 1. The van der Waals surface area contributed by atoms with E-state index in [1.807, 2.05) is 18.2 Å². The first-order valence-corrected chi connectivity index (χ1v) is 9.20. The molecule has 1 aromatic heterocycles. The van der Waals surface area contributed by atoms with Gasteiger partial charge in [-0.2, -0.15) is 0 Å². The molecule has 0 fully saturated rings. The molecule has 2 heterocycles. The highest BCUT2D eigenvalue weighted by molar-refractivity contribution is 7.91. The topological polar surface area (TPSA) is 76.1 Å². The van der Waals surface area contributed by atoms with Gasteiger partial charge in [0.25, 0.3) is 0 Å². The summed E-state index contributed by atoms with van der Waals surface area (Å²) in [5, 5.41) is 2.85. The number of carbonyl (C=O) groups excluding carboxylic acids is 1. The van der Waals surface area contributed by atoms with Crippen LogP contribution in [0, 0.1) is 0 Å². The van der Waals surface area contributed by atoms with E-state index in [4.69, 9.17) is 0 Å². The summed E-state index contributed by atoms with van der Waals surface area (Å²) in [4.78, 5) is 16.5. The SMILES string of the molecule is O=C(Cc1ccc2c(c1)CCCS2(=O)=O)NCc1cccnc1. The average molecular weight is 330 g/mol. The van der Waals surface area contributed by atoms with Gasteiger partial charge in [-0.05, 0) is 41.7 Å². The molecule has 1 aliphatic heterocycles. The lowest BCUT2D eigenvalue weighted by molar-refractivity contribution is -0.120. The number of hydrogen-bond acceptors (Lipinski definition) is 4. The highest BCUT2D eigenvalue weighted by Gasteiger charge is 2.23. The number of hydrogen-bond donors (Lipinski definition) is 1. The van der Waals surface area contributed by atoms with Crippen molar-refractivity contribution in [3.05, 3.63) is 59.4 Å². The van der Waals surface area contributed by atoms with Crippen LogP contribution in [0.25, 0.3) is 0 Å². The molecule has 0 atom stereocenters. The summed E-state index contributed by atoms with van der Waals surface area (Å²) in [5.41, 5.74) is 2.61. The van der Waals surface area contributed by atoms with E-state index < -0.39 is 9.84 Å². The monoisotopic (exact) mass is 330 g/mol. The van der Waals surface area contributed by atoms with Crippen LogP contribution in [-0.4, -0.2) is 25.1 Å². The van der Waals surface area contributed by atoms with Crippen molar-refractivity contribution in [1.29, 1.82) is 0 Å². The fourth-order valence-electron chi connectivity index (χ4n) is 2.76. The van der Waals surface area contributed by atoms with Gasteiger partial charge in [0.15, 0.2) is 9.84 Å². The van der Waals surface area contributed by atoms with Gasteiger partial charge in [-0.3, -0.25) is 9.78 Å². The van der Waals surface area contributed by atoms with Crippen LogP contribution >= 0.6 is 0 Å². The minimum absolute atomic E-state index is 0.0903. The Morgan fingerprint density at radius 1 is 1.22 bits per heavy atom. The molecule has 0 radical (unpaired) electrons. The predicted molar refractivity (Wildman–Crippen MR) is 86.6 cm³/mol. The standard InChI is InChI=1S/C17H18N2O3S/c20-17(19-12-14-3-1-7-18-11-14)10-13-5-6-16-15(9-13)4-2-8-23(16,21)22/h1,3,5-7,9,11H,2,4,8,10,12H2,(H,19,20). The molecule has 0 unspecified atom stereocenters. The van der Waals surface area contributed by atoms with Gasteiger partial charge in [-0.25, -0.2) is 8.42 Å². The van der Waals surface area contributed by atoms with Gasteiger partial charge < -0.3 is 5.32 Å². The number of pyridine rings is 1. The maximum atomic E-state index is 12.0. The van der Waals surface area contributed by atoms with E-state index in [1.54, 1.807) is 24.5 Å². The highest BCUT2D eigenvalue weighted by Crippen LogP contribution is 2.26. The Morgan fingerprint density at radius 3 is 2.87 bits per heavy atom. The quantitative estimate of drug-likeness (QED) is 0.925. The molecule has 5 nitrogen and oxygen atoms in total. The zero-order chi connectivity index (χ0) is 16.3. The second kappa shape index (κ2) is 6.50. The molecule has 23 heavy (non-hydrogen) atoms. The van der Waals surface area contributed by atoms with E-state index >= 15 is 0 Å². The largest absolute Gasteiger partial charge is 0.352 e. The summed E-state index contributed by atoms with van der Waals surface area (Å²) in [6.45, 7) is 0.437. The predicted octanol–water partition coefficient (Wildman–Crippen LogP) is 1.66. The van der Waals surface area contributed by atoms with E-state index in [1.165, 1.54) is 0 Å². The first-order valence-electron chi connectivity index (χ1n) is 7.55. The van der Waals surface area contributed by atoms with Crippen molar-refractivity contribution in [2.75, 3.05) is 5.75 Å². The van der Waals surface area contributed by atoms with Gasteiger partial charge >= 0.3 is 0 Å². The number of nitrogens with one attached hydrogen (secondary N) is 1. The molecule has 0 aliphatic carbocycles. The number of carbonyl (C=O) groups is 1. The Kier molecular flexibility index (Phi) is 4.43. The number of amides is 1. The molecular formula is C17H18N2O3S. The maximum absolute atomic E-state index is 12.0. The number of aryl methyl sites for hydroxylation is 1. The van der Waals surface area contributed by atoms with E-state index in [0.717, 1.165) is 23.1 Å². The molecule has 120 valence electrons. The van der Waals surface area contributed by atoms with Crippen molar-refractivity contribution < 1.29 is 13.2 Å². The Labute approximate surface area is 135 Å². The third kappa shape index (κ3) is 3.76. The molecule has 2 aromatic rings. The van der Waals surface area contributed by atoms with Gasteiger partial charge in [-0.15, -0.1) is 0 Å². The fraction of sp³-hybridized carbons (Fsp3) is 0.294. The maximum Gasteiger partial charge on any atom is 0.224 e. The first kappa shape index (κ1) is 15.7. The fourth-order valence-corrected chi connectivity index (χ4v) is 4.34. The van der Waals surface area contributed by atoms with Crippen LogP contribution in [0.1, 0.15) is 23.1 Å². The smallest absolute Gasteiger partial charge is 0.224 e. The molecule has 0 saturated carbocycles. The summed E-state index contributed by atoms with van der Waals surface area (Å²) in [5.74, 6) is 0.123. The van der Waals surface area contributed by atoms with Gasteiger partial charge in [0.2, 0.25) is 5.91 Å². The van der Waals surface area contributed by atoms with Crippen LogP contribution in [0.2, 0.25) is 0 Å².